The van der Waals surface area contributed by atoms with E-state index < -0.39 is 9.84 Å². The van der Waals surface area contributed by atoms with Crippen molar-refractivity contribution in [2.24, 2.45) is 0 Å². The summed E-state index contributed by atoms with van der Waals surface area (Å²) in [6, 6.07) is 6.06. The molecular weight excluding hydrogens is 321 g/mol. The normalized spacial score (nSPS) is 11.3. The van der Waals surface area contributed by atoms with Crippen LogP contribution in [-0.2, 0) is 9.84 Å². The molecule has 0 atom stereocenters. The van der Waals surface area contributed by atoms with Crippen molar-refractivity contribution < 1.29 is 8.42 Å². The third-order valence-electron chi connectivity index (χ3n) is 2.45. The minimum absolute atomic E-state index is 0.0688. The molecular formula is C12H11Cl2N3O2S. The predicted molar refractivity (Wildman–Crippen MR) is 79.0 cm³/mol. The molecule has 2 aromatic rings. The molecule has 5 nitrogen and oxygen atoms in total. The number of benzene rings is 1. The summed E-state index contributed by atoms with van der Waals surface area (Å²) in [5, 5.41) is 3.74. The molecule has 0 radical (unpaired) electrons. The molecule has 0 aliphatic rings. The minimum Gasteiger partial charge on any atom is -0.353 e. The van der Waals surface area contributed by atoms with E-state index in [0.717, 1.165) is 0 Å². The van der Waals surface area contributed by atoms with Crippen LogP contribution in [0.4, 0.5) is 5.95 Å². The molecule has 1 heterocycles. The number of sulfone groups is 1. The third kappa shape index (κ3) is 4.06. The van der Waals surface area contributed by atoms with E-state index in [1.807, 2.05) is 0 Å². The van der Waals surface area contributed by atoms with Crippen LogP contribution in [0.15, 0.2) is 41.6 Å². The lowest BCUT2D eigenvalue weighted by atomic mass is 10.4. The number of hydrogen-bond acceptors (Lipinski definition) is 5. The largest absolute Gasteiger partial charge is 0.353 e. The maximum Gasteiger partial charge on any atom is 0.222 e. The van der Waals surface area contributed by atoms with Crippen molar-refractivity contribution in [2.45, 2.75) is 4.90 Å². The van der Waals surface area contributed by atoms with E-state index >= 15 is 0 Å². The Morgan fingerprint density at radius 3 is 2.20 bits per heavy atom. The van der Waals surface area contributed by atoms with Crippen LogP contribution in [0.3, 0.4) is 0 Å². The lowest BCUT2D eigenvalue weighted by Gasteiger charge is -2.06. The standard InChI is InChI=1S/C12H11Cl2N3O2S/c13-9-1-3-11(4-2-9)20(18,19)6-5-15-12-16-7-10(14)8-17-12/h1-4,7-8H,5-6H2,(H,15,16,17). The van der Waals surface area contributed by atoms with Crippen LogP contribution < -0.4 is 5.32 Å². The first kappa shape index (κ1) is 15.0. The first-order valence-electron chi connectivity index (χ1n) is 5.67. The Balaban J connectivity index is 1.96. The molecule has 1 N–H and O–H groups in total. The molecule has 0 bridgehead atoms. The van der Waals surface area contributed by atoms with Crippen LogP contribution in [0.1, 0.15) is 0 Å². The van der Waals surface area contributed by atoms with E-state index in [-0.39, 0.29) is 17.2 Å². The predicted octanol–water partition coefficient (Wildman–Crippen LogP) is 2.67. The fourth-order valence-corrected chi connectivity index (χ4v) is 2.84. The van der Waals surface area contributed by atoms with E-state index in [4.69, 9.17) is 23.2 Å². The van der Waals surface area contributed by atoms with Gasteiger partial charge in [-0.1, -0.05) is 23.2 Å². The smallest absolute Gasteiger partial charge is 0.222 e. The van der Waals surface area contributed by atoms with Crippen LogP contribution in [0, 0.1) is 0 Å². The molecule has 0 saturated carbocycles. The van der Waals surface area contributed by atoms with E-state index in [1.165, 1.54) is 24.5 Å². The number of hydrogen-bond donors (Lipinski definition) is 1. The lowest BCUT2D eigenvalue weighted by Crippen LogP contribution is -2.17. The van der Waals surface area contributed by atoms with Gasteiger partial charge in [-0.25, -0.2) is 18.4 Å². The Morgan fingerprint density at radius 2 is 1.60 bits per heavy atom. The van der Waals surface area contributed by atoms with Crippen molar-refractivity contribution in [3.63, 3.8) is 0 Å². The molecule has 8 heteroatoms. The summed E-state index contributed by atoms with van der Waals surface area (Å²) in [5.41, 5.74) is 0. The highest BCUT2D eigenvalue weighted by atomic mass is 35.5. The SMILES string of the molecule is O=S(=O)(CCNc1ncc(Cl)cn1)c1ccc(Cl)cc1. The number of nitrogens with zero attached hydrogens (tertiary/aromatic N) is 2. The van der Waals surface area contributed by atoms with Gasteiger partial charge in [0.05, 0.1) is 28.1 Å². The number of halogens is 2. The van der Waals surface area contributed by atoms with Crippen molar-refractivity contribution in [2.75, 3.05) is 17.6 Å². The van der Waals surface area contributed by atoms with Gasteiger partial charge < -0.3 is 5.32 Å². The van der Waals surface area contributed by atoms with Gasteiger partial charge in [-0.05, 0) is 24.3 Å². The summed E-state index contributed by atoms with van der Waals surface area (Å²) in [5.74, 6) is 0.265. The molecule has 20 heavy (non-hydrogen) atoms. The Labute approximate surface area is 126 Å². The molecule has 0 spiro atoms. The van der Waals surface area contributed by atoms with Crippen LogP contribution >= 0.6 is 23.2 Å². The van der Waals surface area contributed by atoms with Gasteiger partial charge in [0.1, 0.15) is 0 Å². The molecule has 0 fully saturated rings. The number of rotatable bonds is 5. The Hall–Kier alpha value is -1.37. The van der Waals surface area contributed by atoms with Gasteiger partial charge in [0.2, 0.25) is 5.95 Å². The molecule has 1 aromatic heterocycles. The summed E-state index contributed by atoms with van der Waals surface area (Å²) in [6.45, 7) is 0.201. The molecule has 0 saturated heterocycles. The summed E-state index contributed by atoms with van der Waals surface area (Å²) >= 11 is 11.4. The zero-order chi connectivity index (χ0) is 14.6. The second kappa shape index (κ2) is 6.39. The van der Waals surface area contributed by atoms with Crippen molar-refractivity contribution in [1.82, 2.24) is 9.97 Å². The van der Waals surface area contributed by atoms with Gasteiger partial charge in [-0.2, -0.15) is 0 Å². The van der Waals surface area contributed by atoms with Gasteiger partial charge in [0.25, 0.3) is 0 Å². The zero-order valence-electron chi connectivity index (χ0n) is 10.3. The van der Waals surface area contributed by atoms with E-state index in [0.29, 0.717) is 16.0 Å². The van der Waals surface area contributed by atoms with Crippen LogP contribution in [-0.4, -0.2) is 30.7 Å². The van der Waals surface area contributed by atoms with Crippen molar-refractivity contribution in [1.29, 1.82) is 0 Å². The molecule has 0 aliphatic carbocycles. The second-order valence-electron chi connectivity index (χ2n) is 3.92. The third-order valence-corrected chi connectivity index (χ3v) is 4.63. The summed E-state index contributed by atoms with van der Waals surface area (Å²) in [6.07, 6.45) is 2.87. The van der Waals surface area contributed by atoms with Crippen LogP contribution in [0.5, 0.6) is 0 Å². The average Bonchev–Trinajstić information content (AvgIpc) is 2.41. The van der Waals surface area contributed by atoms with E-state index in [2.05, 4.69) is 15.3 Å². The van der Waals surface area contributed by atoms with E-state index in [1.54, 1.807) is 12.1 Å². The van der Waals surface area contributed by atoms with Crippen molar-refractivity contribution in [3.8, 4) is 0 Å². The Morgan fingerprint density at radius 1 is 1.00 bits per heavy atom. The van der Waals surface area contributed by atoms with Crippen molar-refractivity contribution >= 4 is 39.0 Å². The maximum absolute atomic E-state index is 12.0. The number of anilines is 1. The van der Waals surface area contributed by atoms with Crippen LogP contribution in [0.2, 0.25) is 10.0 Å². The first-order valence-corrected chi connectivity index (χ1v) is 8.08. The first-order chi connectivity index (χ1) is 9.47. The highest BCUT2D eigenvalue weighted by molar-refractivity contribution is 7.91. The number of aromatic nitrogens is 2. The molecule has 0 amide bonds. The van der Waals surface area contributed by atoms with Gasteiger partial charge in [0.15, 0.2) is 9.84 Å². The highest BCUT2D eigenvalue weighted by Gasteiger charge is 2.13. The monoisotopic (exact) mass is 331 g/mol. The average molecular weight is 332 g/mol. The van der Waals surface area contributed by atoms with Gasteiger partial charge in [0, 0.05) is 11.6 Å². The number of nitrogens with one attached hydrogen (secondary N) is 1. The highest BCUT2D eigenvalue weighted by Crippen LogP contribution is 2.15. The Kier molecular flexibility index (Phi) is 4.80. The summed E-state index contributed by atoms with van der Waals surface area (Å²) in [4.78, 5) is 8.07. The molecule has 1 aromatic carbocycles. The zero-order valence-corrected chi connectivity index (χ0v) is 12.6. The van der Waals surface area contributed by atoms with Gasteiger partial charge in [-0.3, -0.25) is 0 Å². The summed E-state index contributed by atoms with van der Waals surface area (Å²) < 4.78 is 24.1. The molecule has 106 valence electrons. The fourth-order valence-electron chi connectivity index (χ4n) is 1.46. The minimum atomic E-state index is -3.36. The quantitative estimate of drug-likeness (QED) is 0.911. The second-order valence-corrected chi connectivity index (χ2v) is 6.91. The summed E-state index contributed by atoms with van der Waals surface area (Å²) in [7, 11) is -3.36. The van der Waals surface area contributed by atoms with Crippen molar-refractivity contribution in [3.05, 3.63) is 46.7 Å². The van der Waals surface area contributed by atoms with Crippen LogP contribution in [0.25, 0.3) is 0 Å². The topological polar surface area (TPSA) is 72.0 Å². The fraction of sp³-hybridized carbons (Fsp3) is 0.167. The van der Waals surface area contributed by atoms with E-state index in [9.17, 15) is 8.42 Å². The lowest BCUT2D eigenvalue weighted by molar-refractivity contribution is 0.596. The molecule has 0 aliphatic heterocycles. The Bertz CT molecular complexity index is 673. The van der Waals surface area contributed by atoms with Gasteiger partial charge >= 0.3 is 0 Å². The molecule has 0 unspecified atom stereocenters. The molecule has 2 rings (SSSR count). The van der Waals surface area contributed by atoms with Gasteiger partial charge in [-0.15, -0.1) is 0 Å². The maximum atomic E-state index is 12.0.